The highest BCUT2D eigenvalue weighted by Crippen LogP contribution is 2.16. The number of aromatic nitrogens is 2. The summed E-state index contributed by atoms with van der Waals surface area (Å²) in [7, 11) is 1.90. The summed E-state index contributed by atoms with van der Waals surface area (Å²) in [5.74, 6) is 0. The number of nitrogens with two attached hydrogens (primary N) is 1. The van der Waals surface area contributed by atoms with Gasteiger partial charge in [-0.15, -0.1) is 0 Å². The van der Waals surface area contributed by atoms with E-state index in [-0.39, 0.29) is 6.54 Å². The van der Waals surface area contributed by atoms with Crippen LogP contribution in [0.15, 0.2) is 6.07 Å². The van der Waals surface area contributed by atoms with E-state index in [0.29, 0.717) is 12.8 Å². The van der Waals surface area contributed by atoms with Gasteiger partial charge in [0.15, 0.2) is 0 Å². The van der Waals surface area contributed by atoms with Crippen LogP contribution in [0.25, 0.3) is 0 Å². The van der Waals surface area contributed by atoms with Gasteiger partial charge in [-0.1, -0.05) is 13.8 Å². The Morgan fingerprint density at radius 2 is 2.20 bits per heavy atom. The van der Waals surface area contributed by atoms with Gasteiger partial charge < -0.3 is 10.8 Å². The minimum absolute atomic E-state index is 0.288. The molecule has 86 valence electrons. The molecule has 0 bridgehead atoms. The second-order valence-electron chi connectivity index (χ2n) is 4.06. The lowest BCUT2D eigenvalue weighted by Gasteiger charge is -2.24. The van der Waals surface area contributed by atoms with Crippen molar-refractivity contribution in [3.05, 3.63) is 17.5 Å². The van der Waals surface area contributed by atoms with Gasteiger partial charge in [-0.3, -0.25) is 4.68 Å². The molecule has 1 unspecified atom stereocenters. The van der Waals surface area contributed by atoms with E-state index in [1.807, 2.05) is 24.7 Å². The lowest BCUT2D eigenvalue weighted by atomic mass is 9.94. The fourth-order valence-electron chi connectivity index (χ4n) is 1.59. The van der Waals surface area contributed by atoms with Gasteiger partial charge in [-0.05, 0) is 18.9 Å². The van der Waals surface area contributed by atoms with E-state index >= 15 is 0 Å². The van der Waals surface area contributed by atoms with Crippen LogP contribution in [0.2, 0.25) is 0 Å². The van der Waals surface area contributed by atoms with Crippen molar-refractivity contribution in [1.82, 2.24) is 9.78 Å². The molecule has 0 radical (unpaired) electrons. The van der Waals surface area contributed by atoms with Gasteiger partial charge in [0, 0.05) is 25.7 Å². The van der Waals surface area contributed by atoms with Crippen molar-refractivity contribution in [3.8, 4) is 0 Å². The average molecular weight is 211 g/mol. The van der Waals surface area contributed by atoms with Crippen LogP contribution in [-0.2, 0) is 19.9 Å². The van der Waals surface area contributed by atoms with Crippen LogP contribution < -0.4 is 5.73 Å². The van der Waals surface area contributed by atoms with E-state index < -0.39 is 5.60 Å². The lowest BCUT2D eigenvalue weighted by Crippen LogP contribution is -2.39. The Labute approximate surface area is 91.1 Å². The molecule has 0 aliphatic heterocycles. The molecule has 0 amide bonds. The standard InChI is InChI=1S/C11H21N3O/c1-4-9-6-10(14(3)13-9)7-11(15,5-2)8-12/h6,15H,4-5,7-8,12H2,1-3H3. The Balaban J connectivity index is 2.83. The molecule has 0 aliphatic carbocycles. The molecule has 1 aromatic heterocycles. The summed E-state index contributed by atoms with van der Waals surface area (Å²) in [6, 6.07) is 2.04. The molecular weight excluding hydrogens is 190 g/mol. The van der Waals surface area contributed by atoms with E-state index in [4.69, 9.17) is 5.73 Å². The van der Waals surface area contributed by atoms with Crippen molar-refractivity contribution in [2.75, 3.05) is 6.54 Å². The summed E-state index contributed by atoms with van der Waals surface area (Å²) >= 11 is 0. The Bertz CT molecular complexity index is 316. The van der Waals surface area contributed by atoms with Gasteiger partial charge in [-0.2, -0.15) is 5.10 Å². The van der Waals surface area contributed by atoms with Crippen molar-refractivity contribution >= 4 is 0 Å². The van der Waals surface area contributed by atoms with Crippen molar-refractivity contribution in [2.45, 2.75) is 38.7 Å². The number of hydrogen-bond donors (Lipinski definition) is 2. The van der Waals surface area contributed by atoms with E-state index in [2.05, 4.69) is 12.0 Å². The Morgan fingerprint density at radius 3 is 2.60 bits per heavy atom. The summed E-state index contributed by atoms with van der Waals surface area (Å²) < 4.78 is 1.83. The number of aryl methyl sites for hydroxylation is 2. The predicted molar refractivity (Wildman–Crippen MR) is 60.6 cm³/mol. The Hall–Kier alpha value is -0.870. The van der Waals surface area contributed by atoms with E-state index in [0.717, 1.165) is 17.8 Å². The van der Waals surface area contributed by atoms with Gasteiger partial charge in [0.25, 0.3) is 0 Å². The lowest BCUT2D eigenvalue weighted by molar-refractivity contribution is 0.0438. The number of hydrogen-bond acceptors (Lipinski definition) is 3. The quantitative estimate of drug-likeness (QED) is 0.750. The molecule has 0 aliphatic rings. The first-order valence-electron chi connectivity index (χ1n) is 5.49. The molecule has 0 fully saturated rings. The maximum atomic E-state index is 10.1. The predicted octanol–water partition coefficient (Wildman–Crippen LogP) is 0.625. The summed E-state index contributed by atoms with van der Waals surface area (Å²) in [6.45, 7) is 4.31. The van der Waals surface area contributed by atoms with Crippen LogP contribution >= 0.6 is 0 Å². The molecule has 1 atom stereocenters. The zero-order valence-corrected chi connectivity index (χ0v) is 9.82. The van der Waals surface area contributed by atoms with Gasteiger partial charge in [0.1, 0.15) is 0 Å². The highest BCUT2D eigenvalue weighted by molar-refractivity contribution is 5.12. The molecule has 3 N–H and O–H groups in total. The molecule has 15 heavy (non-hydrogen) atoms. The van der Waals surface area contributed by atoms with Crippen LogP contribution in [0.5, 0.6) is 0 Å². The van der Waals surface area contributed by atoms with Crippen LogP contribution in [0.1, 0.15) is 31.7 Å². The highest BCUT2D eigenvalue weighted by Gasteiger charge is 2.24. The number of nitrogens with zero attached hydrogens (tertiary/aromatic N) is 2. The molecule has 0 saturated carbocycles. The zero-order valence-electron chi connectivity index (χ0n) is 9.82. The number of aliphatic hydroxyl groups is 1. The average Bonchev–Trinajstić information content (AvgIpc) is 2.59. The summed E-state index contributed by atoms with van der Waals surface area (Å²) in [6.07, 6.45) is 2.15. The Kier molecular flexibility index (Phi) is 3.88. The van der Waals surface area contributed by atoms with Crippen LogP contribution in [0.3, 0.4) is 0 Å². The van der Waals surface area contributed by atoms with E-state index in [1.165, 1.54) is 0 Å². The third-order valence-electron chi connectivity index (χ3n) is 2.94. The highest BCUT2D eigenvalue weighted by atomic mass is 16.3. The molecule has 0 aromatic carbocycles. The minimum Gasteiger partial charge on any atom is -0.388 e. The second-order valence-corrected chi connectivity index (χ2v) is 4.06. The van der Waals surface area contributed by atoms with Crippen LogP contribution in [-0.4, -0.2) is 27.0 Å². The summed E-state index contributed by atoms with van der Waals surface area (Å²) in [4.78, 5) is 0. The number of rotatable bonds is 5. The molecule has 4 heteroatoms. The monoisotopic (exact) mass is 211 g/mol. The Morgan fingerprint density at radius 1 is 1.53 bits per heavy atom. The van der Waals surface area contributed by atoms with Crippen molar-refractivity contribution in [3.63, 3.8) is 0 Å². The van der Waals surface area contributed by atoms with E-state index in [9.17, 15) is 5.11 Å². The molecule has 0 spiro atoms. The zero-order chi connectivity index (χ0) is 11.5. The molecule has 1 heterocycles. The normalized spacial score (nSPS) is 15.3. The smallest absolute Gasteiger partial charge is 0.0821 e. The van der Waals surface area contributed by atoms with Crippen molar-refractivity contribution in [1.29, 1.82) is 0 Å². The van der Waals surface area contributed by atoms with Gasteiger partial charge in [-0.25, -0.2) is 0 Å². The second kappa shape index (κ2) is 4.77. The van der Waals surface area contributed by atoms with Crippen molar-refractivity contribution < 1.29 is 5.11 Å². The van der Waals surface area contributed by atoms with E-state index in [1.54, 1.807) is 0 Å². The first-order chi connectivity index (χ1) is 7.04. The third kappa shape index (κ3) is 2.79. The summed E-state index contributed by atoms with van der Waals surface area (Å²) in [5.41, 5.74) is 6.88. The van der Waals surface area contributed by atoms with Crippen LogP contribution in [0, 0.1) is 0 Å². The van der Waals surface area contributed by atoms with Crippen LogP contribution in [0.4, 0.5) is 0 Å². The SMILES string of the molecule is CCc1cc(CC(O)(CC)CN)n(C)n1. The van der Waals surface area contributed by atoms with Gasteiger partial charge >= 0.3 is 0 Å². The first-order valence-corrected chi connectivity index (χ1v) is 5.49. The minimum atomic E-state index is -0.793. The summed E-state index contributed by atoms with van der Waals surface area (Å²) in [5, 5.41) is 14.5. The third-order valence-corrected chi connectivity index (χ3v) is 2.94. The fraction of sp³-hybridized carbons (Fsp3) is 0.727. The van der Waals surface area contributed by atoms with Gasteiger partial charge in [0.05, 0.1) is 11.3 Å². The first kappa shape index (κ1) is 12.2. The maximum Gasteiger partial charge on any atom is 0.0821 e. The van der Waals surface area contributed by atoms with Crippen molar-refractivity contribution in [2.24, 2.45) is 12.8 Å². The maximum absolute atomic E-state index is 10.1. The molecule has 1 rings (SSSR count). The molecule has 0 saturated heterocycles. The fourth-order valence-corrected chi connectivity index (χ4v) is 1.59. The molecular formula is C11H21N3O. The van der Waals surface area contributed by atoms with Gasteiger partial charge in [0.2, 0.25) is 0 Å². The molecule has 1 aromatic rings. The topological polar surface area (TPSA) is 64.1 Å². The largest absolute Gasteiger partial charge is 0.388 e. The molecule has 4 nitrogen and oxygen atoms in total.